The second-order valence-electron chi connectivity index (χ2n) is 6.36. The van der Waals surface area contributed by atoms with E-state index in [2.05, 4.69) is 23.6 Å². The summed E-state index contributed by atoms with van der Waals surface area (Å²) in [6.07, 6.45) is 21.9. The summed E-state index contributed by atoms with van der Waals surface area (Å²) >= 11 is 0. The van der Waals surface area contributed by atoms with Crippen molar-refractivity contribution in [2.75, 3.05) is 6.61 Å². The van der Waals surface area contributed by atoms with Gasteiger partial charge in [0.15, 0.2) is 0 Å². The summed E-state index contributed by atoms with van der Waals surface area (Å²) < 4.78 is 4.54. The van der Waals surface area contributed by atoms with E-state index in [1.807, 2.05) is 0 Å². The molecule has 0 saturated heterocycles. The van der Waals surface area contributed by atoms with Crippen LogP contribution in [0, 0.1) is 0 Å². The van der Waals surface area contributed by atoms with Crippen LogP contribution in [0.2, 0.25) is 0 Å². The topological polar surface area (TPSA) is 69.9 Å². The Kier molecular flexibility index (Phi) is 16.9. The van der Waals surface area contributed by atoms with Crippen molar-refractivity contribution < 1.29 is 19.2 Å². The molecule has 0 aromatic carbocycles. The van der Waals surface area contributed by atoms with Gasteiger partial charge in [0, 0.05) is 0 Å². The molecule has 3 N–H and O–H groups in total. The zero-order chi connectivity index (χ0) is 17.2. The maximum absolute atomic E-state index is 8.66. The number of unbranched alkanes of at least 4 members (excludes halogenated alkanes) is 12. The fourth-order valence-corrected chi connectivity index (χ4v) is 2.98. The van der Waals surface area contributed by atoms with E-state index in [0.29, 0.717) is 0 Å². The van der Waals surface area contributed by atoms with E-state index in [-0.39, 0.29) is 6.61 Å². The van der Waals surface area contributed by atoms with Crippen molar-refractivity contribution in [2.24, 2.45) is 0 Å². The van der Waals surface area contributed by atoms with Crippen molar-refractivity contribution in [2.45, 2.75) is 96.8 Å². The molecule has 0 aliphatic carbocycles. The molecule has 0 rings (SSSR count). The summed E-state index contributed by atoms with van der Waals surface area (Å²) in [6, 6.07) is 0. The number of allylic oxidation sites excluding steroid dienone is 2. The van der Waals surface area contributed by atoms with Crippen LogP contribution < -0.4 is 0 Å². The molecular weight excluding hydrogens is 311 g/mol. The Morgan fingerprint density at radius 2 is 1.09 bits per heavy atom. The quantitative estimate of drug-likeness (QED) is 0.186. The predicted octanol–water partition coefficient (Wildman–Crippen LogP) is 5.43. The Labute approximate surface area is 143 Å². The summed E-state index contributed by atoms with van der Waals surface area (Å²) in [6.45, 7) is 2.49. The fraction of sp³-hybridized carbons (Fsp3) is 0.889. The zero-order valence-corrected chi connectivity index (χ0v) is 16.0. The molecule has 0 atom stereocenters. The summed E-state index contributed by atoms with van der Waals surface area (Å²) in [5, 5.41) is 0. The van der Waals surface area contributed by atoms with Gasteiger partial charge in [-0.05, 0) is 6.42 Å². The van der Waals surface area contributed by atoms with Crippen molar-refractivity contribution in [3.05, 3.63) is 12.2 Å². The van der Waals surface area contributed by atoms with E-state index >= 15 is 0 Å². The Hall–Kier alpha value is 0.0100. The van der Waals surface area contributed by atoms with Gasteiger partial charge in [-0.3, -0.25) is 0 Å². The van der Waals surface area contributed by atoms with Crippen LogP contribution in [0.15, 0.2) is 12.2 Å². The third-order valence-corrected chi connectivity index (χ3v) is 4.54. The Morgan fingerprint density at radius 1 is 0.652 bits per heavy atom. The molecule has 0 aliphatic heterocycles. The standard InChI is InChI=1S/C18H39O4P/c1-2-3-4-5-6-7-8-9-10-11-12-13-14-15-16-17-18-22-23(19,20)21/h9-10,19-21,23H,2-8,11-18H2,1H3/b10-9-. The molecule has 0 aromatic heterocycles. The first-order valence-corrected chi connectivity index (χ1v) is 11.3. The van der Waals surface area contributed by atoms with Crippen molar-refractivity contribution in [3.63, 3.8) is 0 Å². The van der Waals surface area contributed by atoms with E-state index in [1.54, 1.807) is 0 Å². The first kappa shape index (κ1) is 23.0. The summed E-state index contributed by atoms with van der Waals surface area (Å²) in [7, 11) is -4.27. The van der Waals surface area contributed by atoms with E-state index in [9.17, 15) is 0 Å². The van der Waals surface area contributed by atoms with E-state index in [1.165, 1.54) is 70.6 Å². The van der Waals surface area contributed by atoms with Crippen LogP contribution in [0.5, 0.6) is 0 Å². The minimum atomic E-state index is -4.27. The number of hydrogen-bond acceptors (Lipinski definition) is 4. The molecule has 23 heavy (non-hydrogen) atoms. The molecule has 0 heterocycles. The first-order chi connectivity index (χ1) is 11.1. The predicted molar refractivity (Wildman–Crippen MR) is 100 cm³/mol. The van der Waals surface area contributed by atoms with Gasteiger partial charge in [0.05, 0.1) is 0 Å². The molecule has 0 spiro atoms. The number of rotatable bonds is 17. The molecule has 0 saturated carbocycles. The summed E-state index contributed by atoms with van der Waals surface area (Å²) in [4.78, 5) is 26.0. The van der Waals surface area contributed by atoms with Crippen LogP contribution in [0.4, 0.5) is 0 Å². The van der Waals surface area contributed by atoms with Crippen molar-refractivity contribution in [1.82, 2.24) is 0 Å². The SMILES string of the molecule is CCCCCCCC/C=C\CCCCCCCCO[PH](O)(O)O. The average Bonchev–Trinajstić information content (AvgIpc) is 2.49. The molecule has 0 aliphatic rings. The van der Waals surface area contributed by atoms with Gasteiger partial charge in [-0.1, -0.05) is 39.0 Å². The third-order valence-electron chi connectivity index (χ3n) is 3.95. The molecule has 0 aromatic rings. The van der Waals surface area contributed by atoms with Gasteiger partial charge in [-0.15, -0.1) is 0 Å². The van der Waals surface area contributed by atoms with Gasteiger partial charge < -0.3 is 0 Å². The molecule has 0 bridgehead atoms. The van der Waals surface area contributed by atoms with Gasteiger partial charge in [0.1, 0.15) is 0 Å². The first-order valence-electron chi connectivity index (χ1n) is 9.52. The minimum absolute atomic E-state index is 0.233. The van der Waals surface area contributed by atoms with Crippen LogP contribution in [-0.2, 0) is 4.52 Å². The molecule has 0 radical (unpaired) electrons. The summed E-state index contributed by atoms with van der Waals surface area (Å²) in [5.74, 6) is 0. The van der Waals surface area contributed by atoms with Crippen LogP contribution >= 0.6 is 8.17 Å². The summed E-state index contributed by atoms with van der Waals surface area (Å²) in [5.41, 5.74) is 0. The van der Waals surface area contributed by atoms with Crippen molar-refractivity contribution in [1.29, 1.82) is 0 Å². The normalized spacial score (nSPS) is 13.0. The molecular formula is C18H39O4P. The Balaban J connectivity index is 3.11. The molecule has 0 fully saturated rings. The fourth-order valence-electron chi connectivity index (χ4n) is 2.56. The third kappa shape index (κ3) is 22.0. The monoisotopic (exact) mass is 350 g/mol. The van der Waals surface area contributed by atoms with Crippen molar-refractivity contribution in [3.8, 4) is 0 Å². The second-order valence-corrected chi connectivity index (χ2v) is 7.80. The van der Waals surface area contributed by atoms with Crippen LogP contribution in [-0.4, -0.2) is 21.3 Å². The molecule has 4 nitrogen and oxygen atoms in total. The van der Waals surface area contributed by atoms with Gasteiger partial charge in [0.2, 0.25) is 0 Å². The van der Waals surface area contributed by atoms with E-state index in [0.717, 1.165) is 19.3 Å². The Bertz CT molecular complexity index is 264. The van der Waals surface area contributed by atoms with Gasteiger partial charge in [-0.2, -0.15) is 0 Å². The van der Waals surface area contributed by atoms with E-state index < -0.39 is 8.17 Å². The maximum atomic E-state index is 8.66. The molecule has 5 heteroatoms. The van der Waals surface area contributed by atoms with Crippen LogP contribution in [0.1, 0.15) is 96.8 Å². The van der Waals surface area contributed by atoms with Gasteiger partial charge >= 0.3 is 97.5 Å². The molecule has 0 amide bonds. The average molecular weight is 350 g/mol. The van der Waals surface area contributed by atoms with Gasteiger partial charge in [0.25, 0.3) is 0 Å². The zero-order valence-electron chi connectivity index (χ0n) is 15.0. The Morgan fingerprint density at radius 3 is 1.57 bits per heavy atom. The van der Waals surface area contributed by atoms with Crippen LogP contribution in [0.3, 0.4) is 0 Å². The molecule has 140 valence electrons. The van der Waals surface area contributed by atoms with E-state index in [4.69, 9.17) is 14.7 Å². The van der Waals surface area contributed by atoms with Gasteiger partial charge in [-0.25, -0.2) is 0 Å². The molecule has 0 unspecified atom stereocenters. The number of hydrogen-bond donors (Lipinski definition) is 3. The van der Waals surface area contributed by atoms with Crippen molar-refractivity contribution >= 4 is 8.17 Å². The second kappa shape index (κ2) is 16.9. The van der Waals surface area contributed by atoms with Crippen LogP contribution in [0.25, 0.3) is 0 Å².